The fraction of sp³-hybridized carbons (Fsp3) is 0.222. The Labute approximate surface area is 106 Å². The number of carbonyl (C=O) groups excluding carboxylic acids is 1. The average Bonchev–Trinajstić information content (AvgIpc) is 2.15. The van der Waals surface area contributed by atoms with Gasteiger partial charge < -0.3 is 4.90 Å². The molecule has 5 nitrogen and oxygen atoms in total. The maximum absolute atomic E-state index is 13.3. The van der Waals surface area contributed by atoms with Crippen molar-refractivity contribution in [3.8, 4) is 0 Å². The summed E-state index contributed by atoms with van der Waals surface area (Å²) in [6, 6.07) is 0.697. The van der Waals surface area contributed by atoms with Crippen molar-refractivity contribution in [3.05, 3.63) is 37.6 Å². The normalized spacial score (nSPS) is 10.2. The minimum atomic E-state index is -1.18. The maximum Gasteiger partial charge on any atom is 0.324 e. The molecule has 0 N–H and O–H groups in total. The van der Waals surface area contributed by atoms with Crippen LogP contribution in [0.4, 0.5) is 10.1 Å². The van der Waals surface area contributed by atoms with E-state index in [1.807, 2.05) is 0 Å². The summed E-state index contributed by atoms with van der Waals surface area (Å²) in [5.74, 6) is -1.82. The van der Waals surface area contributed by atoms with Gasteiger partial charge in [0, 0.05) is 20.2 Å². The summed E-state index contributed by atoms with van der Waals surface area (Å²) < 4.78 is 13.3. The van der Waals surface area contributed by atoms with Gasteiger partial charge in [-0.25, -0.2) is 0 Å². The van der Waals surface area contributed by atoms with Gasteiger partial charge in [-0.1, -0.05) is 23.2 Å². The molecule has 0 aromatic heterocycles. The number of rotatable bonds is 2. The highest BCUT2D eigenvalue weighted by Gasteiger charge is 2.29. The molecule has 0 heterocycles. The highest BCUT2D eigenvalue weighted by molar-refractivity contribution is 6.41. The monoisotopic (exact) mass is 280 g/mol. The van der Waals surface area contributed by atoms with Crippen LogP contribution >= 0.6 is 23.2 Å². The van der Waals surface area contributed by atoms with Gasteiger partial charge in [0.25, 0.3) is 5.91 Å². The third-order valence-electron chi connectivity index (χ3n) is 1.95. The second-order valence-electron chi connectivity index (χ2n) is 3.33. The summed E-state index contributed by atoms with van der Waals surface area (Å²) in [5, 5.41) is 9.75. The quantitative estimate of drug-likeness (QED) is 0.618. The zero-order valence-electron chi connectivity index (χ0n) is 8.83. The molecule has 0 atom stereocenters. The van der Waals surface area contributed by atoms with Crippen molar-refractivity contribution < 1.29 is 14.1 Å². The lowest BCUT2D eigenvalue weighted by Gasteiger charge is -2.13. The smallest absolute Gasteiger partial charge is 0.324 e. The molecule has 0 fully saturated rings. The number of nitro benzene ring substituents is 1. The lowest BCUT2D eigenvalue weighted by molar-refractivity contribution is -0.387. The molecule has 1 aromatic rings. The van der Waals surface area contributed by atoms with Crippen molar-refractivity contribution in [2.75, 3.05) is 14.1 Å². The molecular formula is C9H7Cl2FN2O3. The number of nitro groups is 1. The molecule has 1 aromatic carbocycles. The Morgan fingerprint density at radius 2 is 2.00 bits per heavy atom. The first-order valence-corrected chi connectivity index (χ1v) is 5.06. The molecule has 1 amide bonds. The molecule has 17 heavy (non-hydrogen) atoms. The molecule has 0 saturated heterocycles. The average molecular weight is 281 g/mol. The first-order valence-electron chi connectivity index (χ1n) is 4.31. The van der Waals surface area contributed by atoms with Gasteiger partial charge in [-0.15, -0.1) is 0 Å². The highest BCUT2D eigenvalue weighted by Crippen LogP contribution is 2.36. The lowest BCUT2D eigenvalue weighted by atomic mass is 10.1. The second kappa shape index (κ2) is 4.85. The van der Waals surface area contributed by atoms with E-state index < -0.39 is 27.4 Å². The Balaban J connectivity index is 3.57. The molecule has 92 valence electrons. The Morgan fingerprint density at radius 3 is 2.41 bits per heavy atom. The summed E-state index contributed by atoms with van der Waals surface area (Å²) in [5.41, 5.74) is -1.24. The molecule has 1 rings (SSSR count). The van der Waals surface area contributed by atoms with Crippen LogP contribution in [0.5, 0.6) is 0 Å². The number of benzene rings is 1. The number of halogens is 3. The minimum absolute atomic E-state index is 0.267. The van der Waals surface area contributed by atoms with E-state index in [0.717, 1.165) is 4.90 Å². The number of carbonyl (C=O) groups is 1. The van der Waals surface area contributed by atoms with Crippen LogP contribution in [-0.2, 0) is 0 Å². The van der Waals surface area contributed by atoms with E-state index in [1.54, 1.807) is 0 Å². The van der Waals surface area contributed by atoms with Gasteiger partial charge in [0.15, 0.2) is 0 Å². The standard InChI is InChI=1S/C9H7Cl2FN2O3/c1-13(2)9(15)6-4(10)3-5(12)8(7(6)11)14(16)17/h3H,1-2H3. The predicted octanol–water partition coefficient (Wildman–Crippen LogP) is 2.74. The van der Waals surface area contributed by atoms with E-state index in [0.29, 0.717) is 6.07 Å². The summed E-state index contributed by atoms with van der Waals surface area (Å²) in [4.78, 5) is 22.4. The van der Waals surface area contributed by atoms with Crippen molar-refractivity contribution >= 4 is 34.8 Å². The molecule has 0 saturated carbocycles. The summed E-state index contributed by atoms with van der Waals surface area (Å²) in [7, 11) is 2.84. The van der Waals surface area contributed by atoms with Crippen molar-refractivity contribution in [3.63, 3.8) is 0 Å². The van der Waals surface area contributed by atoms with Gasteiger partial charge in [-0.05, 0) is 0 Å². The zero-order chi connectivity index (χ0) is 13.3. The van der Waals surface area contributed by atoms with E-state index in [-0.39, 0.29) is 10.6 Å². The lowest BCUT2D eigenvalue weighted by Crippen LogP contribution is -2.22. The van der Waals surface area contributed by atoms with Crippen LogP contribution < -0.4 is 0 Å². The number of hydrogen-bond acceptors (Lipinski definition) is 3. The predicted molar refractivity (Wildman–Crippen MR) is 61.1 cm³/mol. The Bertz CT molecular complexity index is 506. The SMILES string of the molecule is CN(C)C(=O)c1c(Cl)cc(F)c([N+](=O)[O-])c1Cl. The molecule has 0 radical (unpaired) electrons. The molecule has 0 aliphatic heterocycles. The third kappa shape index (κ3) is 2.48. The van der Waals surface area contributed by atoms with E-state index in [2.05, 4.69) is 0 Å². The molecule has 8 heteroatoms. The van der Waals surface area contributed by atoms with E-state index >= 15 is 0 Å². The van der Waals surface area contributed by atoms with E-state index in [4.69, 9.17) is 23.2 Å². The van der Waals surface area contributed by atoms with Crippen LogP contribution in [0, 0.1) is 15.9 Å². The van der Waals surface area contributed by atoms with Gasteiger partial charge in [-0.2, -0.15) is 4.39 Å². The number of nitrogens with zero attached hydrogens (tertiary/aromatic N) is 2. The van der Waals surface area contributed by atoms with Crippen LogP contribution in [0.3, 0.4) is 0 Å². The summed E-state index contributed by atoms with van der Waals surface area (Å²) in [6.45, 7) is 0. The molecule has 0 bridgehead atoms. The summed E-state index contributed by atoms with van der Waals surface area (Å²) in [6.07, 6.45) is 0. The summed E-state index contributed by atoms with van der Waals surface area (Å²) >= 11 is 11.3. The second-order valence-corrected chi connectivity index (χ2v) is 4.12. The van der Waals surface area contributed by atoms with Crippen LogP contribution in [0.25, 0.3) is 0 Å². The van der Waals surface area contributed by atoms with Gasteiger partial charge in [0.1, 0.15) is 5.02 Å². The van der Waals surface area contributed by atoms with E-state index in [9.17, 15) is 19.3 Å². The molecule has 0 aliphatic carbocycles. The third-order valence-corrected chi connectivity index (χ3v) is 2.61. The maximum atomic E-state index is 13.3. The largest absolute Gasteiger partial charge is 0.345 e. The van der Waals surface area contributed by atoms with Crippen molar-refractivity contribution in [1.29, 1.82) is 0 Å². The van der Waals surface area contributed by atoms with Gasteiger partial charge >= 0.3 is 5.69 Å². The molecule has 0 unspecified atom stereocenters. The fourth-order valence-electron chi connectivity index (χ4n) is 1.17. The Morgan fingerprint density at radius 1 is 1.47 bits per heavy atom. The minimum Gasteiger partial charge on any atom is -0.345 e. The first kappa shape index (κ1) is 13.7. The topological polar surface area (TPSA) is 63.5 Å². The number of hydrogen-bond donors (Lipinski definition) is 0. The van der Waals surface area contributed by atoms with Crippen LogP contribution in [0.1, 0.15) is 10.4 Å². The van der Waals surface area contributed by atoms with E-state index in [1.165, 1.54) is 14.1 Å². The Kier molecular flexibility index (Phi) is 3.90. The Hall–Kier alpha value is -1.40. The van der Waals surface area contributed by atoms with Gasteiger partial charge in [0.05, 0.1) is 15.5 Å². The number of amides is 1. The fourth-order valence-corrected chi connectivity index (χ4v) is 1.83. The highest BCUT2D eigenvalue weighted by atomic mass is 35.5. The van der Waals surface area contributed by atoms with Crippen LogP contribution in [0.2, 0.25) is 10.0 Å². The molecule has 0 aliphatic rings. The van der Waals surface area contributed by atoms with Crippen molar-refractivity contribution in [2.24, 2.45) is 0 Å². The molecule has 0 spiro atoms. The first-order chi connectivity index (χ1) is 7.77. The van der Waals surface area contributed by atoms with Gasteiger partial charge in [-0.3, -0.25) is 14.9 Å². The van der Waals surface area contributed by atoms with Crippen molar-refractivity contribution in [1.82, 2.24) is 4.90 Å². The van der Waals surface area contributed by atoms with Crippen LogP contribution in [0.15, 0.2) is 6.07 Å². The van der Waals surface area contributed by atoms with Crippen molar-refractivity contribution in [2.45, 2.75) is 0 Å². The van der Waals surface area contributed by atoms with Crippen LogP contribution in [-0.4, -0.2) is 29.8 Å². The molecular weight excluding hydrogens is 274 g/mol. The zero-order valence-corrected chi connectivity index (χ0v) is 10.3. The van der Waals surface area contributed by atoms with Gasteiger partial charge in [0.2, 0.25) is 5.82 Å².